The molecule has 1 fully saturated rings. The average molecular weight is 804 g/mol. The summed E-state index contributed by atoms with van der Waals surface area (Å²) in [6, 6.07) is 27.8. The highest BCUT2D eigenvalue weighted by Crippen LogP contribution is 2.51. The number of thiol groups is 1. The maximum Gasteiger partial charge on any atom is 0.478 e. The Morgan fingerprint density at radius 3 is 2.14 bits per heavy atom. The molecule has 2 aromatic heterocycles. The number of ether oxygens (including phenoxy) is 1. The van der Waals surface area contributed by atoms with E-state index in [0.717, 1.165) is 40.7 Å². The second kappa shape index (κ2) is 19.0. The first kappa shape index (κ1) is 41.0. The molecule has 56 heavy (non-hydrogen) atoms. The first-order valence-electron chi connectivity index (χ1n) is 18.5. The van der Waals surface area contributed by atoms with Crippen LogP contribution in [0.4, 0.5) is 0 Å². The number of amides is 1. The van der Waals surface area contributed by atoms with E-state index >= 15 is 0 Å². The van der Waals surface area contributed by atoms with Gasteiger partial charge in [-0.3, -0.25) is 18.6 Å². The van der Waals surface area contributed by atoms with Gasteiger partial charge in [-0.1, -0.05) is 97.4 Å². The average Bonchev–Trinajstić information content (AvgIpc) is 3.99. The molecule has 0 unspecified atom stereocenters. The first-order valence-corrected chi connectivity index (χ1v) is 21.1. The van der Waals surface area contributed by atoms with Crippen molar-refractivity contribution >= 4 is 41.7 Å². The minimum Gasteiger partial charge on any atom is -0.438 e. The van der Waals surface area contributed by atoms with Gasteiger partial charge in [-0.15, -0.1) is 0 Å². The Labute approximate surface area is 328 Å². The molecule has 3 aromatic carbocycles. The van der Waals surface area contributed by atoms with Crippen LogP contribution in [0, 0.1) is 12.8 Å². The molecule has 2 heterocycles. The molecule has 15 heteroatoms. The number of benzene rings is 3. The SMILES string of the molecule is CNC(=O)c1c(-c2ccc(C)cc2)oc2nc(CN(CCC[C@H](C)C(=O)OCOP(=O)(OCc3ccccc3)OCc3ccccc3)[SH](=O)=O)c(C3CC3)cc12. The van der Waals surface area contributed by atoms with Gasteiger partial charge in [0.1, 0.15) is 5.76 Å². The van der Waals surface area contributed by atoms with E-state index in [4.69, 9.17) is 27.7 Å². The van der Waals surface area contributed by atoms with E-state index < -0.39 is 37.4 Å². The van der Waals surface area contributed by atoms with E-state index in [1.54, 1.807) is 38.2 Å². The molecule has 1 amide bonds. The maximum absolute atomic E-state index is 13.5. The number of carbonyl (C=O) groups excluding carboxylic acids is 2. The number of hydrogen-bond acceptors (Lipinski definition) is 11. The van der Waals surface area contributed by atoms with Crippen LogP contribution >= 0.6 is 7.82 Å². The van der Waals surface area contributed by atoms with Crippen molar-refractivity contribution in [3.63, 3.8) is 0 Å². The molecule has 1 N–H and O–H groups in total. The Morgan fingerprint density at radius 1 is 0.946 bits per heavy atom. The fourth-order valence-corrected chi connectivity index (χ4v) is 7.73. The minimum absolute atomic E-state index is 0.00423. The molecule has 1 aliphatic rings. The first-order chi connectivity index (χ1) is 27.0. The molecule has 0 bridgehead atoms. The summed E-state index contributed by atoms with van der Waals surface area (Å²) in [5.74, 6) is -0.948. The lowest BCUT2D eigenvalue weighted by Crippen LogP contribution is -2.25. The number of fused-ring (bicyclic) bond motifs is 1. The molecule has 13 nitrogen and oxygen atoms in total. The standard InChI is InChI=1S/C41H46N3O10PS/c1-28-16-18-33(19-17-28)38-37(39(45)42-3)35-23-34(32-20-21-32)36(43-40(35)54-38)24-44(56(48)49)22-10-11-29(2)41(46)50-27-53-55(47,51-25-30-12-6-4-7-13-30)52-26-31-14-8-5-9-15-31/h4-9,12-19,23,29,32,56H,10-11,20-22,24-27H2,1-3H3,(H,42,45)/t29-/m0/s1. The summed E-state index contributed by atoms with van der Waals surface area (Å²) >= 11 is 0. The number of phosphoric ester groups is 1. The van der Waals surface area contributed by atoms with Crippen LogP contribution in [-0.2, 0) is 58.3 Å². The zero-order valence-corrected chi connectivity index (χ0v) is 33.3. The minimum atomic E-state index is -4.15. The third-order valence-corrected chi connectivity index (χ3v) is 11.6. The zero-order valence-electron chi connectivity index (χ0n) is 31.6. The monoisotopic (exact) mass is 803 g/mol. The fraction of sp³-hybridized carbons (Fsp3) is 0.341. The van der Waals surface area contributed by atoms with Gasteiger partial charge in [-0.2, -0.15) is 4.31 Å². The maximum atomic E-state index is 13.5. The Bertz CT molecular complexity index is 2190. The van der Waals surface area contributed by atoms with Crippen molar-refractivity contribution < 1.29 is 45.3 Å². The van der Waals surface area contributed by atoms with Gasteiger partial charge in [0.2, 0.25) is 23.4 Å². The molecule has 1 saturated carbocycles. The molecular formula is C41H46N3O10PS. The summed E-state index contributed by atoms with van der Waals surface area (Å²) < 4.78 is 67.8. The molecule has 1 atom stereocenters. The number of nitrogens with one attached hydrogen (secondary N) is 1. The normalized spacial score (nSPS) is 13.7. The van der Waals surface area contributed by atoms with Crippen LogP contribution in [0.15, 0.2) is 95.4 Å². The summed E-state index contributed by atoms with van der Waals surface area (Å²) in [7, 11) is -5.59. The lowest BCUT2D eigenvalue weighted by Gasteiger charge is -2.19. The highest BCUT2D eigenvalue weighted by Gasteiger charge is 2.32. The van der Waals surface area contributed by atoms with Crippen LogP contribution in [0.25, 0.3) is 22.4 Å². The zero-order chi connectivity index (χ0) is 39.7. The molecule has 6 rings (SSSR count). The number of esters is 1. The molecule has 0 aliphatic heterocycles. The quantitative estimate of drug-likeness (QED) is 0.0341. The predicted octanol–water partition coefficient (Wildman–Crippen LogP) is 7.84. The number of aromatic nitrogens is 1. The molecule has 0 saturated heterocycles. The molecule has 296 valence electrons. The highest BCUT2D eigenvalue weighted by molar-refractivity contribution is 7.69. The van der Waals surface area contributed by atoms with Crippen molar-refractivity contribution in [2.45, 2.75) is 65.2 Å². The number of phosphoric acid groups is 1. The van der Waals surface area contributed by atoms with Gasteiger partial charge in [0, 0.05) is 19.2 Å². The second-order valence-electron chi connectivity index (χ2n) is 13.7. The second-order valence-corrected chi connectivity index (χ2v) is 16.5. The van der Waals surface area contributed by atoms with Gasteiger partial charge in [0.05, 0.1) is 42.3 Å². The van der Waals surface area contributed by atoms with Gasteiger partial charge >= 0.3 is 13.8 Å². The topological polar surface area (TPSA) is 164 Å². The van der Waals surface area contributed by atoms with Gasteiger partial charge < -0.3 is 14.5 Å². The predicted molar refractivity (Wildman–Crippen MR) is 211 cm³/mol. The Balaban J connectivity index is 1.07. The Morgan fingerprint density at radius 2 is 1.57 bits per heavy atom. The number of carbonyl (C=O) groups is 2. The van der Waals surface area contributed by atoms with Gasteiger partial charge in [0.15, 0.2) is 0 Å². The van der Waals surface area contributed by atoms with Crippen LogP contribution < -0.4 is 5.32 Å². The Hall–Kier alpha value is -4.69. The van der Waals surface area contributed by atoms with Crippen LogP contribution in [0.3, 0.4) is 0 Å². The Kier molecular flexibility index (Phi) is 13.9. The van der Waals surface area contributed by atoms with Crippen LogP contribution in [0.2, 0.25) is 0 Å². The van der Waals surface area contributed by atoms with Crippen molar-refractivity contribution in [3.05, 3.63) is 125 Å². The van der Waals surface area contributed by atoms with Crippen molar-refractivity contribution in [2.24, 2.45) is 5.92 Å². The third-order valence-electron chi connectivity index (χ3n) is 9.48. The lowest BCUT2D eigenvalue weighted by atomic mass is 10.0. The van der Waals surface area contributed by atoms with Gasteiger partial charge in [-0.05, 0) is 61.3 Å². The summed E-state index contributed by atoms with van der Waals surface area (Å²) in [6.45, 7) is 3.01. The summed E-state index contributed by atoms with van der Waals surface area (Å²) in [5, 5.41) is 3.28. The van der Waals surface area contributed by atoms with Crippen molar-refractivity contribution in [1.82, 2.24) is 14.6 Å². The number of furan rings is 1. The van der Waals surface area contributed by atoms with E-state index in [9.17, 15) is 22.6 Å². The highest BCUT2D eigenvalue weighted by atomic mass is 32.2. The molecular weight excluding hydrogens is 758 g/mol. The lowest BCUT2D eigenvalue weighted by molar-refractivity contribution is -0.156. The van der Waals surface area contributed by atoms with Gasteiger partial charge in [-0.25, -0.2) is 22.5 Å². The van der Waals surface area contributed by atoms with E-state index in [2.05, 4.69) is 5.32 Å². The third kappa shape index (κ3) is 10.8. The van der Waals surface area contributed by atoms with E-state index in [1.807, 2.05) is 73.7 Å². The summed E-state index contributed by atoms with van der Waals surface area (Å²) in [5.41, 5.74) is 5.37. The van der Waals surface area contributed by atoms with Gasteiger partial charge in [0.25, 0.3) is 5.91 Å². The summed E-state index contributed by atoms with van der Waals surface area (Å²) in [4.78, 5) is 30.8. The van der Waals surface area contributed by atoms with Crippen molar-refractivity contribution in [2.75, 3.05) is 20.4 Å². The molecule has 0 radical (unpaired) electrons. The van der Waals surface area contributed by atoms with Crippen LogP contribution in [0.5, 0.6) is 0 Å². The van der Waals surface area contributed by atoms with Crippen LogP contribution in [-0.4, -0.2) is 50.0 Å². The van der Waals surface area contributed by atoms with E-state index in [0.29, 0.717) is 35.2 Å². The smallest absolute Gasteiger partial charge is 0.438 e. The molecule has 1 aliphatic carbocycles. The van der Waals surface area contributed by atoms with Crippen molar-refractivity contribution in [1.29, 1.82) is 0 Å². The fourth-order valence-electron chi connectivity index (χ4n) is 6.16. The molecule has 0 spiro atoms. The van der Waals surface area contributed by atoms with Crippen LogP contribution in [0.1, 0.15) is 76.8 Å². The van der Waals surface area contributed by atoms with E-state index in [-0.39, 0.29) is 43.8 Å². The number of nitrogens with zero attached hydrogens (tertiary/aromatic N) is 2. The number of aryl methyl sites for hydroxylation is 1. The number of rotatable bonds is 20. The number of pyridine rings is 1. The van der Waals surface area contributed by atoms with E-state index in [1.165, 1.54) is 4.31 Å². The molecule has 5 aromatic rings. The van der Waals surface area contributed by atoms with Crippen molar-refractivity contribution in [3.8, 4) is 11.3 Å². The summed E-state index contributed by atoms with van der Waals surface area (Å²) in [6.07, 6.45) is 2.51. The largest absolute Gasteiger partial charge is 0.478 e. The number of hydrogen-bond donors (Lipinski definition) is 2.